The van der Waals surface area contributed by atoms with Crippen LogP contribution in [0.5, 0.6) is 5.75 Å². The Labute approximate surface area is 129 Å². The molecular weight excluding hydrogens is 272 g/mol. The van der Waals surface area contributed by atoms with Crippen molar-refractivity contribution < 1.29 is 4.74 Å². The van der Waals surface area contributed by atoms with E-state index in [1.807, 2.05) is 91.0 Å². The van der Waals surface area contributed by atoms with Gasteiger partial charge < -0.3 is 4.74 Å². The summed E-state index contributed by atoms with van der Waals surface area (Å²) < 4.78 is 5.91. The van der Waals surface area contributed by atoms with E-state index in [2.05, 4.69) is 10.5 Å². The Kier molecular flexibility index (Phi) is 4.47. The fraction of sp³-hybridized carbons (Fsp3) is 0. The predicted molar refractivity (Wildman–Crippen MR) is 90.1 cm³/mol. The number of hydrazone groups is 1. The lowest BCUT2D eigenvalue weighted by atomic mass is 10.2. The van der Waals surface area contributed by atoms with Gasteiger partial charge in [-0.05, 0) is 36.4 Å². The molecule has 3 heteroatoms. The summed E-state index contributed by atoms with van der Waals surface area (Å²) in [6, 6.07) is 29.2. The molecule has 3 rings (SSSR count). The molecule has 0 unspecified atom stereocenters. The molecule has 108 valence electrons. The standard InChI is InChI=1S/C19H16N2O/c1-4-10-16(11-5-1)19(22-18-14-8-3-9-15-18)21-20-17-12-6-2-7-13-17/h1-15,20H/b21-19-. The summed E-state index contributed by atoms with van der Waals surface area (Å²) in [6.07, 6.45) is 0. The van der Waals surface area contributed by atoms with Gasteiger partial charge in [0.2, 0.25) is 5.90 Å². The third-order valence-electron chi connectivity index (χ3n) is 3.04. The zero-order valence-corrected chi connectivity index (χ0v) is 12.0. The molecule has 1 N–H and O–H groups in total. The highest BCUT2D eigenvalue weighted by molar-refractivity contribution is 5.96. The number of ether oxygens (including phenoxy) is 1. The maximum atomic E-state index is 5.91. The highest BCUT2D eigenvalue weighted by Crippen LogP contribution is 2.13. The van der Waals surface area contributed by atoms with Crippen LogP contribution in [-0.4, -0.2) is 5.90 Å². The molecule has 0 aliphatic rings. The van der Waals surface area contributed by atoms with Gasteiger partial charge in [-0.2, -0.15) is 0 Å². The van der Waals surface area contributed by atoms with E-state index < -0.39 is 0 Å². The molecule has 0 heterocycles. The molecule has 0 fully saturated rings. The summed E-state index contributed by atoms with van der Waals surface area (Å²) in [7, 11) is 0. The van der Waals surface area contributed by atoms with Crippen molar-refractivity contribution >= 4 is 11.6 Å². The number of nitrogens with one attached hydrogen (secondary N) is 1. The Morgan fingerprint density at radius 1 is 0.682 bits per heavy atom. The van der Waals surface area contributed by atoms with E-state index >= 15 is 0 Å². The van der Waals surface area contributed by atoms with E-state index in [0.717, 1.165) is 17.0 Å². The lowest BCUT2D eigenvalue weighted by Gasteiger charge is -2.09. The molecule has 0 radical (unpaired) electrons. The van der Waals surface area contributed by atoms with Crippen molar-refractivity contribution in [2.45, 2.75) is 0 Å². The van der Waals surface area contributed by atoms with Crippen molar-refractivity contribution in [2.75, 3.05) is 5.43 Å². The summed E-state index contributed by atoms with van der Waals surface area (Å²) in [5, 5.41) is 4.40. The molecule has 0 spiro atoms. The van der Waals surface area contributed by atoms with Gasteiger partial charge in [0.05, 0.1) is 5.69 Å². The second kappa shape index (κ2) is 7.09. The molecule has 0 bridgehead atoms. The Hall–Kier alpha value is -3.07. The quantitative estimate of drug-likeness (QED) is 0.434. The third kappa shape index (κ3) is 3.73. The number of hydrogen-bond donors (Lipinski definition) is 1. The van der Waals surface area contributed by atoms with Crippen LogP contribution in [0.15, 0.2) is 96.1 Å². The van der Waals surface area contributed by atoms with Crippen molar-refractivity contribution in [3.8, 4) is 5.75 Å². The van der Waals surface area contributed by atoms with E-state index in [0.29, 0.717) is 5.90 Å². The molecule has 0 saturated heterocycles. The van der Waals surface area contributed by atoms with E-state index in [1.165, 1.54) is 0 Å². The van der Waals surface area contributed by atoms with Crippen molar-refractivity contribution in [3.63, 3.8) is 0 Å². The summed E-state index contributed by atoms with van der Waals surface area (Å²) >= 11 is 0. The highest BCUT2D eigenvalue weighted by Gasteiger charge is 2.06. The van der Waals surface area contributed by atoms with E-state index in [4.69, 9.17) is 4.74 Å². The fourth-order valence-electron chi connectivity index (χ4n) is 1.96. The molecule has 0 atom stereocenters. The van der Waals surface area contributed by atoms with E-state index in [9.17, 15) is 0 Å². The molecule has 3 aromatic carbocycles. The monoisotopic (exact) mass is 288 g/mol. The molecular formula is C19H16N2O. The Balaban J connectivity index is 1.86. The fourth-order valence-corrected chi connectivity index (χ4v) is 1.96. The van der Waals surface area contributed by atoms with Gasteiger partial charge in [0.15, 0.2) is 0 Å². The first kappa shape index (κ1) is 13.9. The normalized spacial score (nSPS) is 11.0. The predicted octanol–water partition coefficient (Wildman–Crippen LogP) is 4.54. The number of hydrogen-bond acceptors (Lipinski definition) is 3. The first-order valence-electron chi connectivity index (χ1n) is 7.09. The van der Waals surface area contributed by atoms with Crippen LogP contribution in [0.2, 0.25) is 0 Å². The minimum Gasteiger partial charge on any atom is -0.437 e. The Morgan fingerprint density at radius 3 is 1.86 bits per heavy atom. The van der Waals surface area contributed by atoms with Gasteiger partial charge in [-0.15, -0.1) is 5.10 Å². The summed E-state index contributed by atoms with van der Waals surface area (Å²) in [5.74, 6) is 1.27. The largest absolute Gasteiger partial charge is 0.437 e. The molecule has 3 nitrogen and oxygen atoms in total. The van der Waals surface area contributed by atoms with Crippen LogP contribution in [0.1, 0.15) is 5.56 Å². The Morgan fingerprint density at radius 2 is 1.23 bits per heavy atom. The lowest BCUT2D eigenvalue weighted by molar-refractivity contribution is 0.551. The summed E-state index contributed by atoms with van der Waals surface area (Å²) in [6.45, 7) is 0. The minimum atomic E-state index is 0.524. The summed E-state index contributed by atoms with van der Waals surface area (Å²) in [5.41, 5.74) is 4.85. The molecule has 0 aliphatic heterocycles. The molecule has 0 aliphatic carbocycles. The van der Waals surface area contributed by atoms with Gasteiger partial charge in [0.25, 0.3) is 0 Å². The number of benzene rings is 3. The van der Waals surface area contributed by atoms with Gasteiger partial charge >= 0.3 is 0 Å². The second-order valence-corrected chi connectivity index (χ2v) is 4.68. The molecule has 3 aromatic rings. The van der Waals surface area contributed by atoms with Crippen molar-refractivity contribution in [1.82, 2.24) is 0 Å². The SMILES string of the molecule is c1ccc(N/N=C(\Oc2ccccc2)c2ccccc2)cc1. The molecule has 0 amide bonds. The zero-order valence-electron chi connectivity index (χ0n) is 12.0. The lowest BCUT2D eigenvalue weighted by Crippen LogP contribution is -2.12. The van der Waals surface area contributed by atoms with Crippen LogP contribution < -0.4 is 10.2 Å². The molecule has 0 saturated carbocycles. The van der Waals surface area contributed by atoms with Gasteiger partial charge in [0, 0.05) is 5.56 Å². The summed E-state index contributed by atoms with van der Waals surface area (Å²) in [4.78, 5) is 0. The molecule has 0 aromatic heterocycles. The van der Waals surface area contributed by atoms with Crippen molar-refractivity contribution in [3.05, 3.63) is 96.6 Å². The molecule has 22 heavy (non-hydrogen) atoms. The van der Waals surface area contributed by atoms with Gasteiger partial charge in [-0.3, -0.25) is 5.43 Å². The average molecular weight is 288 g/mol. The van der Waals surface area contributed by atoms with Crippen molar-refractivity contribution in [2.24, 2.45) is 5.10 Å². The van der Waals surface area contributed by atoms with Crippen molar-refractivity contribution in [1.29, 1.82) is 0 Å². The first-order chi connectivity index (χ1) is 10.9. The van der Waals surface area contributed by atoms with Crippen LogP contribution >= 0.6 is 0 Å². The van der Waals surface area contributed by atoms with Gasteiger partial charge in [-0.1, -0.05) is 54.6 Å². The number of para-hydroxylation sites is 2. The number of nitrogens with zero attached hydrogens (tertiary/aromatic N) is 1. The van der Waals surface area contributed by atoms with Gasteiger partial charge in [0.1, 0.15) is 5.75 Å². The highest BCUT2D eigenvalue weighted by atomic mass is 16.5. The maximum absolute atomic E-state index is 5.91. The second-order valence-electron chi connectivity index (χ2n) is 4.68. The van der Waals surface area contributed by atoms with Crippen LogP contribution in [0.4, 0.5) is 5.69 Å². The average Bonchev–Trinajstić information content (AvgIpc) is 2.61. The smallest absolute Gasteiger partial charge is 0.243 e. The van der Waals surface area contributed by atoms with E-state index in [1.54, 1.807) is 0 Å². The number of anilines is 1. The van der Waals surface area contributed by atoms with Crippen LogP contribution in [-0.2, 0) is 0 Å². The van der Waals surface area contributed by atoms with Gasteiger partial charge in [-0.25, -0.2) is 0 Å². The minimum absolute atomic E-state index is 0.524. The maximum Gasteiger partial charge on any atom is 0.243 e. The van der Waals surface area contributed by atoms with Crippen LogP contribution in [0.3, 0.4) is 0 Å². The number of rotatable bonds is 4. The van der Waals surface area contributed by atoms with E-state index in [-0.39, 0.29) is 0 Å². The van der Waals surface area contributed by atoms with Crippen LogP contribution in [0.25, 0.3) is 0 Å². The third-order valence-corrected chi connectivity index (χ3v) is 3.04. The van der Waals surface area contributed by atoms with Crippen LogP contribution in [0, 0.1) is 0 Å². The zero-order chi connectivity index (χ0) is 15.0. The topological polar surface area (TPSA) is 33.6 Å². The Bertz CT molecular complexity index is 725. The first-order valence-corrected chi connectivity index (χ1v) is 7.09.